The lowest BCUT2D eigenvalue weighted by Gasteiger charge is -2.08. The van der Waals surface area contributed by atoms with Crippen LogP contribution in [0, 0.1) is 0 Å². The van der Waals surface area contributed by atoms with Crippen molar-refractivity contribution in [3.8, 4) is 11.5 Å². The van der Waals surface area contributed by atoms with E-state index in [1.807, 2.05) is 48.5 Å². The van der Waals surface area contributed by atoms with Crippen molar-refractivity contribution >= 4 is 28.7 Å². The van der Waals surface area contributed by atoms with Gasteiger partial charge in [0.25, 0.3) is 11.8 Å². The third kappa shape index (κ3) is 5.35. The maximum absolute atomic E-state index is 11.8. The van der Waals surface area contributed by atoms with Crippen molar-refractivity contribution in [3.05, 3.63) is 78.4 Å². The third-order valence-corrected chi connectivity index (χ3v) is 3.96. The van der Waals surface area contributed by atoms with Gasteiger partial charge in [-0.3, -0.25) is 20.4 Å². The fourth-order valence-corrected chi connectivity index (χ4v) is 2.50. The van der Waals surface area contributed by atoms with E-state index in [1.165, 1.54) is 6.08 Å². The van der Waals surface area contributed by atoms with Crippen LogP contribution in [0.5, 0.6) is 11.5 Å². The van der Waals surface area contributed by atoms with Crippen LogP contribution >= 0.6 is 0 Å². The van der Waals surface area contributed by atoms with Crippen LogP contribution < -0.4 is 20.3 Å². The zero-order valence-electron chi connectivity index (χ0n) is 15.3. The van der Waals surface area contributed by atoms with Gasteiger partial charge < -0.3 is 9.47 Å². The molecule has 28 heavy (non-hydrogen) atoms. The molecule has 0 aliphatic heterocycles. The molecule has 2 amide bonds. The fraction of sp³-hybridized carbons (Fsp3) is 0.0909. The zero-order valence-corrected chi connectivity index (χ0v) is 15.3. The average Bonchev–Trinajstić information content (AvgIpc) is 2.75. The average molecular weight is 376 g/mol. The van der Waals surface area contributed by atoms with E-state index in [0.717, 1.165) is 22.1 Å². The molecule has 0 fully saturated rings. The lowest BCUT2D eigenvalue weighted by Crippen LogP contribution is -2.43. The van der Waals surface area contributed by atoms with Gasteiger partial charge in [-0.1, -0.05) is 42.5 Å². The Morgan fingerprint density at radius 1 is 0.893 bits per heavy atom. The van der Waals surface area contributed by atoms with Crippen LogP contribution in [0.15, 0.2) is 72.8 Å². The molecule has 6 heteroatoms. The van der Waals surface area contributed by atoms with Gasteiger partial charge in [0.1, 0.15) is 11.5 Å². The molecule has 0 unspecified atom stereocenters. The second kappa shape index (κ2) is 9.23. The van der Waals surface area contributed by atoms with Gasteiger partial charge >= 0.3 is 0 Å². The predicted octanol–water partition coefficient (Wildman–Crippen LogP) is 3.09. The van der Waals surface area contributed by atoms with Crippen molar-refractivity contribution in [2.75, 3.05) is 13.7 Å². The van der Waals surface area contributed by atoms with E-state index >= 15 is 0 Å². The van der Waals surface area contributed by atoms with Crippen LogP contribution in [0.4, 0.5) is 0 Å². The van der Waals surface area contributed by atoms with Gasteiger partial charge in [-0.25, -0.2) is 0 Å². The summed E-state index contributed by atoms with van der Waals surface area (Å²) in [5, 5.41) is 2.12. The maximum atomic E-state index is 11.8. The molecular weight excluding hydrogens is 356 g/mol. The second-order valence-electron chi connectivity index (χ2n) is 5.94. The van der Waals surface area contributed by atoms with Crippen LogP contribution in [0.25, 0.3) is 16.8 Å². The number of carbonyl (C=O) groups is 2. The first-order valence-electron chi connectivity index (χ1n) is 8.66. The summed E-state index contributed by atoms with van der Waals surface area (Å²) < 4.78 is 10.5. The lowest BCUT2D eigenvalue weighted by atomic mass is 10.1. The molecule has 3 aromatic rings. The van der Waals surface area contributed by atoms with Gasteiger partial charge in [0.05, 0.1) is 7.11 Å². The predicted molar refractivity (Wildman–Crippen MR) is 108 cm³/mol. The van der Waals surface area contributed by atoms with Gasteiger partial charge in [0, 0.05) is 6.08 Å². The monoisotopic (exact) mass is 376 g/mol. The molecular formula is C22H20N2O4. The van der Waals surface area contributed by atoms with Crippen LogP contribution in [0.1, 0.15) is 5.56 Å². The minimum atomic E-state index is -0.459. The number of carbonyl (C=O) groups excluding carboxylic acids is 2. The molecule has 2 N–H and O–H groups in total. The first kappa shape index (κ1) is 19.0. The number of ether oxygens (including phenoxy) is 2. The van der Waals surface area contributed by atoms with Crippen molar-refractivity contribution in [3.63, 3.8) is 0 Å². The number of hydrazine groups is 1. The van der Waals surface area contributed by atoms with Crippen LogP contribution in [0.3, 0.4) is 0 Å². The summed E-state index contributed by atoms with van der Waals surface area (Å²) in [6, 6.07) is 20.7. The fourth-order valence-electron chi connectivity index (χ4n) is 2.50. The Kier molecular flexibility index (Phi) is 6.25. The lowest BCUT2D eigenvalue weighted by molar-refractivity contribution is -0.128. The van der Waals surface area contributed by atoms with E-state index in [1.54, 1.807) is 31.4 Å². The highest BCUT2D eigenvalue weighted by Crippen LogP contribution is 2.20. The van der Waals surface area contributed by atoms with Crippen molar-refractivity contribution in [2.24, 2.45) is 0 Å². The Hall–Kier alpha value is -3.80. The Bertz CT molecular complexity index is 997. The summed E-state index contributed by atoms with van der Waals surface area (Å²) in [4.78, 5) is 23.6. The van der Waals surface area contributed by atoms with Gasteiger partial charge in [0.2, 0.25) is 0 Å². The van der Waals surface area contributed by atoms with Crippen molar-refractivity contribution in [2.45, 2.75) is 0 Å². The van der Waals surface area contributed by atoms with Gasteiger partial charge in [-0.2, -0.15) is 0 Å². The molecule has 0 aromatic heterocycles. The summed E-state index contributed by atoms with van der Waals surface area (Å²) in [5.41, 5.74) is 5.46. The van der Waals surface area contributed by atoms with Crippen molar-refractivity contribution in [1.29, 1.82) is 0 Å². The molecule has 0 aliphatic rings. The summed E-state index contributed by atoms with van der Waals surface area (Å²) >= 11 is 0. The number of amides is 2. The third-order valence-electron chi connectivity index (χ3n) is 3.96. The van der Waals surface area contributed by atoms with Crippen LogP contribution in [-0.4, -0.2) is 25.5 Å². The molecule has 0 bridgehead atoms. The molecule has 3 rings (SSSR count). The quantitative estimate of drug-likeness (QED) is 0.512. The summed E-state index contributed by atoms with van der Waals surface area (Å²) in [6.45, 7) is -0.208. The Morgan fingerprint density at radius 2 is 1.61 bits per heavy atom. The minimum absolute atomic E-state index is 0.208. The molecule has 0 radical (unpaired) electrons. The minimum Gasteiger partial charge on any atom is -0.497 e. The summed E-state index contributed by atoms with van der Waals surface area (Å²) in [5.74, 6) is 0.411. The number of rotatable bonds is 6. The molecule has 6 nitrogen and oxygen atoms in total. The normalized spacial score (nSPS) is 10.6. The Labute approximate surface area is 162 Å². The highest BCUT2D eigenvalue weighted by atomic mass is 16.5. The molecule has 0 saturated carbocycles. The molecule has 0 heterocycles. The van der Waals surface area contributed by atoms with Crippen LogP contribution in [0.2, 0.25) is 0 Å². The van der Waals surface area contributed by atoms with Crippen LogP contribution in [-0.2, 0) is 9.59 Å². The van der Waals surface area contributed by atoms with E-state index < -0.39 is 11.8 Å². The molecule has 0 aliphatic carbocycles. The highest BCUT2D eigenvalue weighted by Gasteiger charge is 2.04. The summed E-state index contributed by atoms with van der Waals surface area (Å²) in [7, 11) is 1.59. The number of nitrogens with one attached hydrogen (secondary N) is 2. The van der Waals surface area contributed by atoms with E-state index in [4.69, 9.17) is 9.47 Å². The van der Waals surface area contributed by atoms with E-state index in [2.05, 4.69) is 10.9 Å². The highest BCUT2D eigenvalue weighted by molar-refractivity contribution is 5.93. The molecule has 0 atom stereocenters. The standard InChI is InChI=1S/C22H20N2O4/c1-27-19-10-6-16(7-11-19)8-13-21(25)23-24-22(26)15-28-20-12-9-17-4-2-3-5-18(17)14-20/h2-14H,15H2,1H3,(H,23,25)(H,24,26). The van der Waals surface area contributed by atoms with Gasteiger partial charge in [0.15, 0.2) is 6.61 Å². The Balaban J connectivity index is 1.43. The topological polar surface area (TPSA) is 76.7 Å². The Morgan fingerprint density at radius 3 is 2.36 bits per heavy atom. The number of methoxy groups -OCH3 is 1. The number of benzene rings is 3. The largest absolute Gasteiger partial charge is 0.497 e. The first-order chi connectivity index (χ1) is 13.6. The van der Waals surface area contributed by atoms with E-state index in [9.17, 15) is 9.59 Å². The van der Waals surface area contributed by atoms with Crippen molar-refractivity contribution < 1.29 is 19.1 Å². The number of hydrogen-bond acceptors (Lipinski definition) is 4. The maximum Gasteiger partial charge on any atom is 0.276 e. The van der Waals surface area contributed by atoms with Crippen molar-refractivity contribution in [1.82, 2.24) is 10.9 Å². The SMILES string of the molecule is COc1ccc(C=CC(=O)NNC(=O)COc2ccc3ccccc3c2)cc1. The second-order valence-corrected chi connectivity index (χ2v) is 5.94. The van der Waals surface area contributed by atoms with E-state index in [0.29, 0.717) is 5.75 Å². The molecule has 0 spiro atoms. The summed E-state index contributed by atoms with van der Waals surface area (Å²) in [6.07, 6.45) is 2.96. The van der Waals surface area contributed by atoms with E-state index in [-0.39, 0.29) is 6.61 Å². The first-order valence-corrected chi connectivity index (χ1v) is 8.66. The molecule has 0 saturated heterocycles. The molecule has 3 aromatic carbocycles. The number of fused-ring (bicyclic) bond motifs is 1. The zero-order chi connectivity index (χ0) is 19.8. The molecule has 142 valence electrons. The smallest absolute Gasteiger partial charge is 0.276 e. The van der Waals surface area contributed by atoms with Gasteiger partial charge in [-0.15, -0.1) is 0 Å². The number of hydrogen-bond donors (Lipinski definition) is 2. The van der Waals surface area contributed by atoms with Gasteiger partial charge in [-0.05, 0) is 46.7 Å².